The molecule has 2 N–H and O–H groups in total. The van der Waals surface area contributed by atoms with Gasteiger partial charge in [0.2, 0.25) is 0 Å². The van der Waals surface area contributed by atoms with E-state index in [1.807, 2.05) is 0 Å². The topological polar surface area (TPSA) is 38.5 Å². The fourth-order valence-corrected chi connectivity index (χ4v) is 2.59. The van der Waals surface area contributed by atoms with Crippen molar-refractivity contribution in [1.82, 2.24) is 4.90 Å². The molecule has 1 aliphatic heterocycles. The van der Waals surface area contributed by atoms with E-state index in [4.69, 9.17) is 10.5 Å². The zero-order valence-electron chi connectivity index (χ0n) is 11.8. The van der Waals surface area contributed by atoms with Crippen LogP contribution in [0.3, 0.4) is 0 Å². The maximum atomic E-state index is 6.31. The number of morpholine rings is 1. The first-order chi connectivity index (χ1) is 8.17. The monoisotopic (exact) mass is 242 g/mol. The second-order valence-corrected chi connectivity index (χ2v) is 5.49. The molecule has 1 rings (SSSR count). The molecule has 0 spiro atoms. The lowest BCUT2D eigenvalue weighted by atomic mass is 9.90. The average Bonchev–Trinajstić information content (AvgIpc) is 2.34. The van der Waals surface area contributed by atoms with E-state index < -0.39 is 0 Å². The quantitative estimate of drug-likeness (QED) is 0.744. The van der Waals surface area contributed by atoms with Crippen molar-refractivity contribution in [2.75, 3.05) is 26.7 Å². The van der Waals surface area contributed by atoms with Gasteiger partial charge in [0.05, 0.1) is 12.7 Å². The van der Waals surface area contributed by atoms with Crippen molar-refractivity contribution in [3.05, 3.63) is 0 Å². The second kappa shape index (κ2) is 8.06. The van der Waals surface area contributed by atoms with Gasteiger partial charge in [-0.25, -0.2) is 0 Å². The van der Waals surface area contributed by atoms with Crippen molar-refractivity contribution >= 4 is 0 Å². The third-order valence-electron chi connectivity index (χ3n) is 3.92. The average molecular weight is 242 g/mol. The summed E-state index contributed by atoms with van der Waals surface area (Å²) < 4.78 is 5.79. The number of likely N-dealkylation sites (N-methyl/N-ethyl adjacent to an activating group) is 1. The molecule has 0 saturated carbocycles. The minimum Gasteiger partial charge on any atom is -0.374 e. The zero-order chi connectivity index (χ0) is 12.7. The van der Waals surface area contributed by atoms with E-state index in [-0.39, 0.29) is 12.1 Å². The first-order valence-electron chi connectivity index (χ1n) is 7.23. The van der Waals surface area contributed by atoms with E-state index in [1.54, 1.807) is 0 Å². The highest BCUT2D eigenvalue weighted by molar-refractivity contribution is 4.81. The van der Waals surface area contributed by atoms with Gasteiger partial charge in [0.15, 0.2) is 0 Å². The Balaban J connectivity index is 2.32. The highest BCUT2D eigenvalue weighted by Gasteiger charge is 2.25. The van der Waals surface area contributed by atoms with Crippen molar-refractivity contribution < 1.29 is 4.74 Å². The molecular formula is C14H30N2O. The number of ether oxygens (including phenoxy) is 1. The van der Waals surface area contributed by atoms with Gasteiger partial charge < -0.3 is 15.4 Å². The van der Waals surface area contributed by atoms with E-state index in [9.17, 15) is 0 Å². The van der Waals surface area contributed by atoms with E-state index in [1.165, 1.54) is 25.7 Å². The third-order valence-corrected chi connectivity index (χ3v) is 3.92. The maximum absolute atomic E-state index is 6.31. The van der Waals surface area contributed by atoms with Crippen LogP contribution in [0.15, 0.2) is 0 Å². The molecule has 3 heteroatoms. The Bertz CT molecular complexity index is 199. The van der Waals surface area contributed by atoms with Crippen LogP contribution >= 0.6 is 0 Å². The van der Waals surface area contributed by atoms with Gasteiger partial charge in [0.25, 0.3) is 0 Å². The zero-order valence-corrected chi connectivity index (χ0v) is 11.8. The lowest BCUT2D eigenvalue weighted by molar-refractivity contribution is -0.0358. The molecule has 1 heterocycles. The van der Waals surface area contributed by atoms with E-state index in [2.05, 4.69) is 25.8 Å². The predicted molar refractivity (Wildman–Crippen MR) is 73.1 cm³/mol. The van der Waals surface area contributed by atoms with E-state index >= 15 is 0 Å². The van der Waals surface area contributed by atoms with Gasteiger partial charge in [-0.05, 0) is 19.4 Å². The number of hydrogen-bond donors (Lipinski definition) is 1. The van der Waals surface area contributed by atoms with Crippen LogP contribution in [-0.2, 0) is 4.74 Å². The lowest BCUT2D eigenvalue weighted by Gasteiger charge is -2.34. The summed E-state index contributed by atoms with van der Waals surface area (Å²) in [6, 6.07) is 0.208. The van der Waals surface area contributed by atoms with Crippen LogP contribution in [-0.4, -0.2) is 43.8 Å². The molecule has 1 fully saturated rings. The fraction of sp³-hybridized carbons (Fsp3) is 1.00. The molecule has 3 atom stereocenters. The van der Waals surface area contributed by atoms with Crippen LogP contribution in [0.5, 0.6) is 0 Å². The molecule has 0 aliphatic carbocycles. The van der Waals surface area contributed by atoms with Crippen LogP contribution in [0.25, 0.3) is 0 Å². The summed E-state index contributed by atoms with van der Waals surface area (Å²) >= 11 is 0. The molecule has 0 aromatic carbocycles. The maximum Gasteiger partial charge on any atom is 0.0853 e. The molecule has 3 nitrogen and oxygen atoms in total. The van der Waals surface area contributed by atoms with Gasteiger partial charge in [-0.15, -0.1) is 0 Å². The Morgan fingerprint density at radius 3 is 2.76 bits per heavy atom. The molecule has 1 aliphatic rings. The summed E-state index contributed by atoms with van der Waals surface area (Å²) in [5.74, 6) is 0.779. The standard InChI is InChI=1S/C14H30N2O/c1-4-6-7-12(5-2)10-13(15)14-11-16(3)8-9-17-14/h12-14H,4-11,15H2,1-3H3. The lowest BCUT2D eigenvalue weighted by Crippen LogP contribution is -2.49. The van der Waals surface area contributed by atoms with Gasteiger partial charge in [-0.2, -0.15) is 0 Å². The summed E-state index contributed by atoms with van der Waals surface area (Å²) in [7, 11) is 2.15. The SMILES string of the molecule is CCCCC(CC)CC(N)C1CN(C)CCO1. The first kappa shape index (κ1) is 14.9. The van der Waals surface area contributed by atoms with Gasteiger partial charge >= 0.3 is 0 Å². The molecule has 1 saturated heterocycles. The Hall–Kier alpha value is -0.120. The second-order valence-electron chi connectivity index (χ2n) is 5.49. The van der Waals surface area contributed by atoms with Crippen LogP contribution in [0.4, 0.5) is 0 Å². The van der Waals surface area contributed by atoms with Crippen molar-refractivity contribution in [1.29, 1.82) is 0 Å². The molecule has 0 radical (unpaired) electrons. The molecular weight excluding hydrogens is 212 g/mol. The van der Waals surface area contributed by atoms with Crippen LogP contribution in [0.1, 0.15) is 46.0 Å². The van der Waals surface area contributed by atoms with Crippen LogP contribution in [0, 0.1) is 5.92 Å². The number of nitrogens with two attached hydrogens (primary N) is 1. The van der Waals surface area contributed by atoms with Crippen LogP contribution < -0.4 is 5.73 Å². The highest BCUT2D eigenvalue weighted by atomic mass is 16.5. The minimum atomic E-state index is 0.208. The minimum absolute atomic E-state index is 0.208. The Kier molecular flexibility index (Phi) is 7.09. The Labute approximate surface area is 107 Å². The van der Waals surface area contributed by atoms with Crippen LogP contribution in [0.2, 0.25) is 0 Å². The van der Waals surface area contributed by atoms with Crippen molar-refractivity contribution in [3.63, 3.8) is 0 Å². The van der Waals surface area contributed by atoms with Crippen molar-refractivity contribution in [3.8, 4) is 0 Å². The van der Waals surface area contributed by atoms with Gasteiger partial charge in [-0.1, -0.05) is 39.5 Å². The Morgan fingerprint density at radius 2 is 2.18 bits per heavy atom. The summed E-state index contributed by atoms with van der Waals surface area (Å²) in [6.45, 7) is 7.40. The van der Waals surface area contributed by atoms with E-state index in [0.717, 1.165) is 32.0 Å². The largest absolute Gasteiger partial charge is 0.374 e. The predicted octanol–water partition coefficient (Wildman–Crippen LogP) is 2.25. The van der Waals surface area contributed by atoms with Crippen molar-refractivity contribution in [2.24, 2.45) is 11.7 Å². The Morgan fingerprint density at radius 1 is 1.41 bits per heavy atom. The smallest absolute Gasteiger partial charge is 0.0853 e. The normalized spacial score (nSPS) is 25.8. The first-order valence-corrected chi connectivity index (χ1v) is 7.23. The molecule has 3 unspecified atom stereocenters. The van der Waals surface area contributed by atoms with Crippen molar-refractivity contribution in [2.45, 2.75) is 58.1 Å². The van der Waals surface area contributed by atoms with Gasteiger partial charge in [-0.3, -0.25) is 0 Å². The summed E-state index contributed by atoms with van der Waals surface area (Å²) in [5, 5.41) is 0. The fourth-order valence-electron chi connectivity index (χ4n) is 2.59. The van der Waals surface area contributed by atoms with Gasteiger partial charge in [0.1, 0.15) is 0 Å². The molecule has 0 aromatic heterocycles. The van der Waals surface area contributed by atoms with E-state index in [0.29, 0.717) is 0 Å². The third kappa shape index (κ3) is 5.36. The summed E-state index contributed by atoms with van der Waals surface area (Å²) in [5.41, 5.74) is 6.31. The molecule has 0 aromatic rings. The molecule has 17 heavy (non-hydrogen) atoms. The molecule has 102 valence electrons. The number of hydrogen-bond acceptors (Lipinski definition) is 3. The number of nitrogens with zero attached hydrogens (tertiary/aromatic N) is 1. The number of unbranched alkanes of at least 4 members (excludes halogenated alkanes) is 1. The molecule has 0 bridgehead atoms. The highest BCUT2D eigenvalue weighted by Crippen LogP contribution is 2.20. The molecule has 0 amide bonds. The van der Waals surface area contributed by atoms with Gasteiger partial charge in [0, 0.05) is 19.1 Å². The summed E-state index contributed by atoms with van der Waals surface area (Å²) in [4.78, 5) is 2.32. The summed E-state index contributed by atoms with van der Waals surface area (Å²) in [6.07, 6.45) is 6.55. The number of rotatable bonds is 7.